The van der Waals surface area contributed by atoms with Crippen LogP contribution in [0.2, 0.25) is 0 Å². The number of pyridine rings is 1. The zero-order valence-corrected chi connectivity index (χ0v) is 29.1. The lowest BCUT2D eigenvalue weighted by Crippen LogP contribution is -2.50. The maximum Gasteiger partial charge on any atom is 0.319 e. The van der Waals surface area contributed by atoms with Crippen LogP contribution in [0.4, 0.5) is 19.0 Å². The first-order chi connectivity index (χ1) is 24.8. The quantitative estimate of drug-likeness (QED) is 0.141. The van der Waals surface area contributed by atoms with Crippen LogP contribution in [0.25, 0.3) is 32.9 Å². The number of halogens is 3. The molecule has 6 atom stereocenters. The molecule has 5 aliphatic rings. The molecule has 1 saturated carbocycles. The molecule has 0 radical (unpaired) electrons. The first-order valence-corrected chi connectivity index (χ1v) is 18.3. The number of fused-ring (bicyclic) bond motifs is 7. The molecule has 266 valence electrons. The summed E-state index contributed by atoms with van der Waals surface area (Å²) in [6, 6.07) is 6.58. The van der Waals surface area contributed by atoms with Gasteiger partial charge in [-0.3, -0.25) is 4.90 Å². The summed E-state index contributed by atoms with van der Waals surface area (Å²) < 4.78 is 64.9. The number of anilines is 1. The number of benzene rings is 2. The fourth-order valence-corrected chi connectivity index (χ4v) is 10.3. The van der Waals surface area contributed by atoms with Crippen molar-refractivity contribution in [3.05, 3.63) is 47.2 Å². The highest BCUT2D eigenvalue weighted by molar-refractivity contribution is 6.03. The molecule has 8 nitrogen and oxygen atoms in total. The van der Waals surface area contributed by atoms with Gasteiger partial charge in [-0.25, -0.2) is 18.2 Å². The van der Waals surface area contributed by atoms with Crippen molar-refractivity contribution in [2.45, 2.75) is 76.0 Å². The number of aromatic nitrogens is 3. The minimum atomic E-state index is -0.906. The number of ether oxygens (including phenoxy) is 3. The Bertz CT molecular complexity index is 2090. The minimum absolute atomic E-state index is 0.0101. The van der Waals surface area contributed by atoms with Crippen molar-refractivity contribution in [3.8, 4) is 35.4 Å². The second-order valence-electron chi connectivity index (χ2n) is 15.3. The second kappa shape index (κ2) is 12.5. The van der Waals surface area contributed by atoms with Gasteiger partial charge in [0.05, 0.1) is 22.2 Å². The number of alkyl halides is 1. The first kappa shape index (κ1) is 32.7. The Labute approximate surface area is 295 Å². The maximum atomic E-state index is 17.5. The summed E-state index contributed by atoms with van der Waals surface area (Å²) in [5, 5.41) is 1.54. The van der Waals surface area contributed by atoms with Crippen LogP contribution in [0.15, 0.2) is 24.3 Å². The summed E-state index contributed by atoms with van der Waals surface area (Å²) in [6.45, 7) is 4.47. The van der Waals surface area contributed by atoms with Crippen LogP contribution in [0, 0.1) is 41.7 Å². The Morgan fingerprint density at radius 1 is 1.08 bits per heavy atom. The summed E-state index contributed by atoms with van der Waals surface area (Å²) in [5.41, 5.74) is 0.717. The number of hydrogen-bond acceptors (Lipinski definition) is 8. The van der Waals surface area contributed by atoms with Crippen LogP contribution in [-0.4, -0.2) is 77.7 Å². The van der Waals surface area contributed by atoms with Gasteiger partial charge < -0.3 is 19.1 Å². The highest BCUT2D eigenvalue weighted by atomic mass is 19.1. The summed E-state index contributed by atoms with van der Waals surface area (Å²) in [7, 11) is 1.51. The molecular weight excluding hydrogens is 655 g/mol. The molecular formula is C40H42F3N5O3. The molecule has 11 heteroatoms. The lowest BCUT2D eigenvalue weighted by atomic mass is 9.80. The first-order valence-electron chi connectivity index (χ1n) is 18.3. The minimum Gasteiger partial charge on any atom is -0.468 e. The third kappa shape index (κ3) is 5.23. The van der Waals surface area contributed by atoms with E-state index in [1.807, 2.05) is 0 Å². The van der Waals surface area contributed by atoms with Crippen molar-refractivity contribution >= 4 is 27.5 Å². The van der Waals surface area contributed by atoms with Gasteiger partial charge in [0.1, 0.15) is 41.4 Å². The Balaban J connectivity index is 1.27. The standard InChI is InChI=1S/C40H42F3N5O3/c1-4-23-15-31-33-36(34(43)35(44-31)29-16-27(51-21-49-3)14-24-9-10-30(42)28(5-2)32(24)29)45-39(50-20-40-11-6-12-47(40)19-26(41)17-40)46-38(33)48-18-22-7-8-25(13-22)37(23)48/h2,9-10,14,16,22-23,25-26,37H,4,6-8,11-13,15,17-21H2,1,3H3/t22-,23-,25+,26+,37-,40-/m0/s1. The van der Waals surface area contributed by atoms with E-state index in [4.69, 9.17) is 35.6 Å². The van der Waals surface area contributed by atoms with Crippen LogP contribution >= 0.6 is 0 Å². The lowest BCUT2D eigenvalue weighted by Gasteiger charge is -2.44. The fourth-order valence-electron chi connectivity index (χ4n) is 10.3. The molecule has 4 fully saturated rings. The van der Waals surface area contributed by atoms with Gasteiger partial charge in [-0.05, 0) is 86.4 Å². The van der Waals surface area contributed by atoms with E-state index >= 15 is 8.78 Å². The average molecular weight is 698 g/mol. The van der Waals surface area contributed by atoms with E-state index in [-0.39, 0.29) is 48.1 Å². The lowest BCUT2D eigenvalue weighted by molar-refractivity contribution is 0.0512. The largest absolute Gasteiger partial charge is 0.468 e. The molecule has 4 aromatic rings. The predicted molar refractivity (Wildman–Crippen MR) is 189 cm³/mol. The Morgan fingerprint density at radius 2 is 1.96 bits per heavy atom. The smallest absolute Gasteiger partial charge is 0.319 e. The fraction of sp³-hybridized carbons (Fsp3) is 0.525. The monoisotopic (exact) mass is 697 g/mol. The van der Waals surface area contributed by atoms with Crippen LogP contribution in [0.1, 0.15) is 63.1 Å². The average Bonchev–Trinajstić information content (AvgIpc) is 3.77. The van der Waals surface area contributed by atoms with Crippen molar-refractivity contribution in [1.82, 2.24) is 19.9 Å². The van der Waals surface area contributed by atoms with E-state index in [9.17, 15) is 4.39 Å². The SMILES string of the molecule is C#Cc1c(F)ccc2cc(OCOC)cc(-c3nc4c5c(nc(OC[C@@]67CCCN6C[C@H](F)C7)nc5c3F)N3C[C@H]5CC[C@H](C5)[C@@H]3[C@@H](CC)C4)c12. The molecule has 3 saturated heterocycles. The van der Waals surface area contributed by atoms with Gasteiger partial charge in [0.2, 0.25) is 0 Å². The van der Waals surface area contributed by atoms with E-state index in [0.29, 0.717) is 70.2 Å². The topological polar surface area (TPSA) is 72.8 Å². The summed E-state index contributed by atoms with van der Waals surface area (Å²) in [4.78, 5) is 19.6. The van der Waals surface area contributed by atoms with Gasteiger partial charge in [0.25, 0.3) is 0 Å². The number of methoxy groups -OCH3 is 1. The van der Waals surface area contributed by atoms with Gasteiger partial charge in [0.15, 0.2) is 12.6 Å². The maximum absolute atomic E-state index is 17.5. The van der Waals surface area contributed by atoms with E-state index in [1.54, 1.807) is 18.2 Å². The second-order valence-corrected chi connectivity index (χ2v) is 15.3. The molecule has 2 aromatic heterocycles. The zero-order chi connectivity index (χ0) is 35.0. The van der Waals surface area contributed by atoms with Crippen LogP contribution in [-0.2, 0) is 11.2 Å². The molecule has 4 aliphatic heterocycles. The van der Waals surface area contributed by atoms with E-state index < -0.39 is 23.3 Å². The normalized spacial score (nSPS) is 28.2. The molecule has 2 bridgehead atoms. The molecule has 0 spiro atoms. The van der Waals surface area contributed by atoms with Crippen molar-refractivity contribution in [3.63, 3.8) is 0 Å². The van der Waals surface area contributed by atoms with E-state index in [1.165, 1.54) is 26.0 Å². The van der Waals surface area contributed by atoms with Crippen LogP contribution in [0.3, 0.4) is 0 Å². The molecule has 0 N–H and O–H groups in total. The molecule has 1 aliphatic carbocycles. The summed E-state index contributed by atoms with van der Waals surface area (Å²) in [6.07, 6.45) is 12.2. The van der Waals surface area contributed by atoms with Crippen LogP contribution < -0.4 is 14.4 Å². The van der Waals surface area contributed by atoms with E-state index in [0.717, 1.165) is 38.8 Å². The van der Waals surface area contributed by atoms with Crippen LogP contribution in [0.5, 0.6) is 11.8 Å². The predicted octanol–water partition coefficient (Wildman–Crippen LogP) is 7.23. The van der Waals surface area contributed by atoms with Crippen molar-refractivity contribution < 1.29 is 27.4 Å². The molecule has 0 unspecified atom stereocenters. The third-order valence-electron chi connectivity index (χ3n) is 12.4. The van der Waals surface area contributed by atoms with E-state index in [2.05, 4.69) is 22.6 Å². The van der Waals surface area contributed by atoms with Gasteiger partial charge >= 0.3 is 6.01 Å². The molecule has 9 rings (SSSR count). The number of rotatable bonds is 8. The van der Waals surface area contributed by atoms with Crippen molar-refractivity contribution in [2.75, 3.05) is 45.0 Å². The number of terminal acetylenes is 1. The number of nitrogens with zero attached hydrogens (tertiary/aromatic N) is 5. The molecule has 6 heterocycles. The van der Waals surface area contributed by atoms with Crippen molar-refractivity contribution in [1.29, 1.82) is 0 Å². The zero-order valence-electron chi connectivity index (χ0n) is 29.1. The van der Waals surface area contributed by atoms with Gasteiger partial charge in [-0.1, -0.05) is 25.3 Å². The Morgan fingerprint density at radius 3 is 2.78 bits per heavy atom. The highest BCUT2D eigenvalue weighted by Gasteiger charge is 2.50. The summed E-state index contributed by atoms with van der Waals surface area (Å²) in [5.74, 6) is 3.59. The highest BCUT2D eigenvalue weighted by Crippen LogP contribution is 2.50. The van der Waals surface area contributed by atoms with Gasteiger partial charge in [0, 0.05) is 43.6 Å². The molecule has 0 amide bonds. The van der Waals surface area contributed by atoms with Gasteiger partial charge in [-0.15, -0.1) is 6.42 Å². The Kier molecular flexibility index (Phi) is 8.04. The Hall–Kier alpha value is -4.14. The summed E-state index contributed by atoms with van der Waals surface area (Å²) >= 11 is 0. The van der Waals surface area contributed by atoms with Crippen molar-refractivity contribution in [2.24, 2.45) is 17.8 Å². The number of hydrogen-bond donors (Lipinski definition) is 0. The molecule has 2 aromatic carbocycles. The third-order valence-corrected chi connectivity index (χ3v) is 12.4. The van der Waals surface area contributed by atoms with Gasteiger partial charge in [-0.2, -0.15) is 9.97 Å². The molecule has 51 heavy (non-hydrogen) atoms. The number of piperidine rings is 1.